The SMILES string of the molecule is CCCCCCCCN.[Zr]. The Balaban J connectivity index is 0. The molecule has 0 aliphatic heterocycles. The molecule has 0 heterocycles. The average Bonchev–Trinajstić information content (AvgIpc) is 1.89. The van der Waals surface area contributed by atoms with Gasteiger partial charge in [-0.05, 0) is 13.0 Å². The molecule has 0 spiro atoms. The Morgan fingerprint density at radius 1 is 0.900 bits per heavy atom. The molecule has 0 radical (unpaired) electrons. The summed E-state index contributed by atoms with van der Waals surface area (Å²) >= 11 is 0. The molecule has 0 unspecified atom stereocenters. The van der Waals surface area contributed by atoms with Crippen molar-refractivity contribution in [1.82, 2.24) is 0 Å². The second-order valence-electron chi connectivity index (χ2n) is 2.56. The van der Waals surface area contributed by atoms with Crippen molar-refractivity contribution in [1.29, 1.82) is 0 Å². The zero-order valence-electron chi connectivity index (χ0n) is 7.03. The Morgan fingerprint density at radius 2 is 1.40 bits per heavy atom. The van der Waals surface area contributed by atoms with Crippen LogP contribution in [0.5, 0.6) is 0 Å². The van der Waals surface area contributed by atoms with Crippen molar-refractivity contribution < 1.29 is 26.2 Å². The van der Waals surface area contributed by atoms with Crippen LogP contribution >= 0.6 is 0 Å². The maximum atomic E-state index is 5.34. The van der Waals surface area contributed by atoms with Gasteiger partial charge in [0.25, 0.3) is 0 Å². The van der Waals surface area contributed by atoms with E-state index >= 15 is 0 Å². The van der Waals surface area contributed by atoms with Gasteiger partial charge in [0, 0.05) is 26.2 Å². The van der Waals surface area contributed by atoms with Crippen molar-refractivity contribution in [2.24, 2.45) is 5.73 Å². The van der Waals surface area contributed by atoms with Gasteiger partial charge >= 0.3 is 0 Å². The Hall–Kier alpha value is 0.843. The van der Waals surface area contributed by atoms with Crippen molar-refractivity contribution in [3.8, 4) is 0 Å². The van der Waals surface area contributed by atoms with E-state index in [-0.39, 0.29) is 26.2 Å². The first-order valence-corrected chi connectivity index (χ1v) is 4.12. The molecule has 0 bridgehead atoms. The third-order valence-electron chi connectivity index (χ3n) is 1.56. The zero-order valence-corrected chi connectivity index (χ0v) is 9.49. The molecule has 60 valence electrons. The van der Waals surface area contributed by atoms with Crippen LogP contribution in [0.25, 0.3) is 0 Å². The fraction of sp³-hybridized carbons (Fsp3) is 1.00. The van der Waals surface area contributed by atoms with Gasteiger partial charge in [-0.25, -0.2) is 0 Å². The molecule has 0 atom stereocenters. The topological polar surface area (TPSA) is 26.0 Å². The summed E-state index contributed by atoms with van der Waals surface area (Å²) in [6.45, 7) is 3.11. The minimum absolute atomic E-state index is 0. The molecule has 0 aromatic carbocycles. The van der Waals surface area contributed by atoms with E-state index in [1.165, 1.54) is 38.5 Å². The molecule has 0 aromatic heterocycles. The average molecular weight is 220 g/mol. The monoisotopic (exact) mass is 219 g/mol. The van der Waals surface area contributed by atoms with E-state index in [9.17, 15) is 0 Å². The summed E-state index contributed by atoms with van der Waals surface area (Å²) in [7, 11) is 0. The molecule has 2 heteroatoms. The molecule has 0 saturated heterocycles. The van der Waals surface area contributed by atoms with Crippen molar-refractivity contribution in [3.63, 3.8) is 0 Å². The van der Waals surface area contributed by atoms with E-state index in [4.69, 9.17) is 5.73 Å². The molecule has 0 amide bonds. The third-order valence-corrected chi connectivity index (χ3v) is 1.56. The molecule has 2 N–H and O–H groups in total. The normalized spacial score (nSPS) is 9.00. The van der Waals surface area contributed by atoms with Crippen LogP contribution in [-0.2, 0) is 26.2 Å². The number of hydrogen-bond donors (Lipinski definition) is 1. The second-order valence-corrected chi connectivity index (χ2v) is 2.56. The van der Waals surface area contributed by atoms with Crippen molar-refractivity contribution in [3.05, 3.63) is 0 Å². The van der Waals surface area contributed by atoms with Crippen LogP contribution in [-0.4, -0.2) is 6.54 Å². The largest absolute Gasteiger partial charge is 0.330 e. The predicted octanol–water partition coefficient (Wildman–Crippen LogP) is 2.30. The Labute approximate surface area is 83.9 Å². The van der Waals surface area contributed by atoms with Gasteiger partial charge in [-0.1, -0.05) is 39.0 Å². The van der Waals surface area contributed by atoms with Crippen LogP contribution in [0.2, 0.25) is 0 Å². The van der Waals surface area contributed by atoms with Crippen LogP contribution in [0.1, 0.15) is 45.4 Å². The molecule has 0 rings (SSSR count). The Morgan fingerprint density at radius 3 is 1.90 bits per heavy atom. The Bertz CT molecular complexity index is 42.5. The van der Waals surface area contributed by atoms with Crippen molar-refractivity contribution >= 4 is 0 Å². The maximum Gasteiger partial charge on any atom is 0 e. The number of hydrogen-bond acceptors (Lipinski definition) is 1. The van der Waals surface area contributed by atoms with Gasteiger partial charge in [0.15, 0.2) is 0 Å². The molecule has 1 nitrogen and oxygen atoms in total. The molecule has 0 fully saturated rings. The van der Waals surface area contributed by atoms with Crippen LogP contribution in [0.4, 0.5) is 0 Å². The summed E-state index contributed by atoms with van der Waals surface area (Å²) in [5.41, 5.74) is 5.34. The van der Waals surface area contributed by atoms with E-state index in [1.807, 2.05) is 0 Å². The van der Waals surface area contributed by atoms with E-state index < -0.39 is 0 Å². The quantitative estimate of drug-likeness (QED) is 0.683. The van der Waals surface area contributed by atoms with E-state index in [2.05, 4.69) is 6.92 Å². The van der Waals surface area contributed by atoms with Crippen molar-refractivity contribution in [2.75, 3.05) is 6.54 Å². The van der Waals surface area contributed by atoms with Gasteiger partial charge in [0.2, 0.25) is 0 Å². The minimum Gasteiger partial charge on any atom is -0.330 e. The molecule has 0 aliphatic carbocycles. The standard InChI is InChI=1S/C8H19N.Zr/c1-2-3-4-5-6-7-8-9;/h2-9H2,1H3;. The minimum atomic E-state index is 0. The van der Waals surface area contributed by atoms with Crippen LogP contribution in [0.3, 0.4) is 0 Å². The fourth-order valence-electron chi connectivity index (χ4n) is 0.925. The van der Waals surface area contributed by atoms with Gasteiger partial charge in [-0.3, -0.25) is 0 Å². The first-order chi connectivity index (χ1) is 4.41. The van der Waals surface area contributed by atoms with Crippen LogP contribution < -0.4 is 5.73 Å². The molecule has 0 aromatic rings. The summed E-state index contributed by atoms with van der Waals surface area (Å²) in [6, 6.07) is 0. The summed E-state index contributed by atoms with van der Waals surface area (Å²) < 4.78 is 0. The predicted molar refractivity (Wildman–Crippen MR) is 42.4 cm³/mol. The third kappa shape index (κ3) is 11.6. The summed E-state index contributed by atoms with van der Waals surface area (Å²) in [4.78, 5) is 0. The van der Waals surface area contributed by atoms with Gasteiger partial charge in [-0.2, -0.15) is 0 Å². The summed E-state index contributed by atoms with van der Waals surface area (Å²) in [6.07, 6.45) is 8.05. The van der Waals surface area contributed by atoms with Gasteiger partial charge in [0.05, 0.1) is 0 Å². The van der Waals surface area contributed by atoms with Gasteiger partial charge in [0.1, 0.15) is 0 Å². The van der Waals surface area contributed by atoms with Crippen molar-refractivity contribution in [2.45, 2.75) is 45.4 Å². The van der Waals surface area contributed by atoms with E-state index in [0.29, 0.717) is 0 Å². The molecule has 0 aliphatic rings. The fourth-order valence-corrected chi connectivity index (χ4v) is 0.925. The number of nitrogens with two attached hydrogens (primary N) is 1. The molecule has 10 heavy (non-hydrogen) atoms. The van der Waals surface area contributed by atoms with Gasteiger partial charge in [-0.15, -0.1) is 0 Å². The van der Waals surface area contributed by atoms with E-state index in [1.54, 1.807) is 0 Å². The summed E-state index contributed by atoms with van der Waals surface area (Å²) in [5, 5.41) is 0. The Kier molecular flexibility index (Phi) is 16.8. The smallest absolute Gasteiger partial charge is 0 e. The second kappa shape index (κ2) is 12.5. The summed E-state index contributed by atoms with van der Waals surface area (Å²) in [5.74, 6) is 0. The molecular formula is C8H19NZr. The maximum absolute atomic E-state index is 5.34. The zero-order chi connectivity index (χ0) is 6.95. The van der Waals surface area contributed by atoms with E-state index in [0.717, 1.165) is 6.54 Å². The number of rotatable bonds is 6. The van der Waals surface area contributed by atoms with Gasteiger partial charge < -0.3 is 5.73 Å². The number of unbranched alkanes of at least 4 members (excludes halogenated alkanes) is 5. The van der Waals surface area contributed by atoms with Crippen LogP contribution in [0, 0.1) is 0 Å². The molecule has 0 saturated carbocycles. The first-order valence-electron chi connectivity index (χ1n) is 4.12. The van der Waals surface area contributed by atoms with Crippen LogP contribution in [0.15, 0.2) is 0 Å². The molecular weight excluding hydrogens is 201 g/mol. The first kappa shape index (κ1) is 13.4.